The summed E-state index contributed by atoms with van der Waals surface area (Å²) in [7, 11) is 0. The molecular formula is C27H23FN2O2. The third kappa shape index (κ3) is 3.50. The second-order valence-electron chi connectivity index (χ2n) is 8.32. The van der Waals surface area contributed by atoms with E-state index in [1.165, 1.54) is 6.07 Å². The van der Waals surface area contributed by atoms with Gasteiger partial charge in [-0.15, -0.1) is 0 Å². The summed E-state index contributed by atoms with van der Waals surface area (Å²) in [6.45, 7) is 1.60. The van der Waals surface area contributed by atoms with Crippen LogP contribution in [-0.2, 0) is 11.2 Å². The average Bonchev–Trinajstić information content (AvgIpc) is 3.46. The van der Waals surface area contributed by atoms with E-state index in [9.17, 15) is 9.59 Å². The lowest BCUT2D eigenvalue weighted by atomic mass is 9.90. The van der Waals surface area contributed by atoms with Gasteiger partial charge in [-0.05, 0) is 70.9 Å². The lowest BCUT2D eigenvalue weighted by Gasteiger charge is -2.15. The highest BCUT2D eigenvalue weighted by Crippen LogP contribution is 2.45. The quantitative estimate of drug-likeness (QED) is 0.477. The zero-order valence-corrected chi connectivity index (χ0v) is 17.6. The van der Waals surface area contributed by atoms with E-state index in [2.05, 4.69) is 0 Å². The summed E-state index contributed by atoms with van der Waals surface area (Å²) in [5.41, 5.74) is 11.2. The Morgan fingerprint density at radius 2 is 1.75 bits per heavy atom. The summed E-state index contributed by atoms with van der Waals surface area (Å²) in [6, 6.07) is 16.5. The first-order valence-corrected chi connectivity index (χ1v) is 10.8. The molecule has 0 aromatic heterocycles. The fraction of sp³-hybridized carbons (Fsp3) is 0.185. The average molecular weight is 426 g/mol. The van der Waals surface area contributed by atoms with Crippen molar-refractivity contribution in [2.75, 3.05) is 13.1 Å². The Kier molecular flexibility index (Phi) is 5.10. The van der Waals surface area contributed by atoms with E-state index in [-0.39, 0.29) is 11.5 Å². The minimum atomic E-state index is -0.628. The molecule has 1 heterocycles. The van der Waals surface area contributed by atoms with Gasteiger partial charge in [-0.1, -0.05) is 42.5 Å². The molecule has 4 nitrogen and oxygen atoms in total. The zero-order chi connectivity index (χ0) is 22.2. The number of amides is 2. The van der Waals surface area contributed by atoms with Crippen LogP contribution in [0.15, 0.2) is 60.7 Å². The minimum absolute atomic E-state index is 0.000265. The molecular weight excluding hydrogens is 403 g/mol. The Bertz CT molecular complexity index is 1270. The van der Waals surface area contributed by atoms with Crippen LogP contribution in [0.5, 0.6) is 0 Å². The number of carbonyl (C=O) groups is 2. The molecule has 0 spiro atoms. The Morgan fingerprint density at radius 1 is 0.969 bits per heavy atom. The summed E-state index contributed by atoms with van der Waals surface area (Å²) in [5.74, 6) is -1.11. The summed E-state index contributed by atoms with van der Waals surface area (Å²) in [4.78, 5) is 26.2. The molecule has 0 unspecified atom stereocenters. The number of hydrogen-bond donors (Lipinski definition) is 1. The van der Waals surface area contributed by atoms with Gasteiger partial charge in [0, 0.05) is 30.3 Å². The van der Waals surface area contributed by atoms with Crippen LogP contribution in [0.3, 0.4) is 0 Å². The number of likely N-dealkylation sites (tertiary alicyclic amines) is 1. The van der Waals surface area contributed by atoms with Crippen LogP contribution in [0.2, 0.25) is 0 Å². The first-order valence-electron chi connectivity index (χ1n) is 10.8. The molecule has 3 aromatic carbocycles. The standard InChI is InChI=1S/C27H23FN2O2/c28-23-16-22(27(29)32)21-15-18-7-1-2-9-20(18)26(21)25(23)19-8-5-6-17(14-19)10-11-24(31)30-12-3-4-13-30/h1-2,5-11,14,16H,3-4,12-13,15H2,(H2,29,32)/b11-10+. The van der Waals surface area contributed by atoms with Crippen molar-refractivity contribution < 1.29 is 14.0 Å². The van der Waals surface area contributed by atoms with Crippen LogP contribution in [0, 0.1) is 5.82 Å². The molecule has 5 heteroatoms. The molecule has 1 saturated heterocycles. The van der Waals surface area contributed by atoms with Gasteiger partial charge < -0.3 is 10.6 Å². The second-order valence-corrected chi connectivity index (χ2v) is 8.32. The predicted octanol–water partition coefficient (Wildman–Crippen LogP) is 4.80. The maximum absolute atomic E-state index is 15.4. The van der Waals surface area contributed by atoms with E-state index in [1.54, 1.807) is 12.2 Å². The largest absolute Gasteiger partial charge is 0.366 e. The topological polar surface area (TPSA) is 63.4 Å². The Balaban J connectivity index is 1.59. The van der Waals surface area contributed by atoms with Crippen molar-refractivity contribution in [2.24, 2.45) is 5.73 Å². The van der Waals surface area contributed by atoms with Crippen LogP contribution < -0.4 is 5.73 Å². The number of benzene rings is 3. The van der Waals surface area contributed by atoms with Crippen molar-refractivity contribution in [3.63, 3.8) is 0 Å². The first kappa shape index (κ1) is 20.2. The number of primary amides is 1. The third-order valence-corrected chi connectivity index (χ3v) is 6.32. The van der Waals surface area contributed by atoms with Crippen LogP contribution in [0.25, 0.3) is 28.3 Å². The van der Waals surface area contributed by atoms with E-state index in [4.69, 9.17) is 5.73 Å². The number of carbonyl (C=O) groups excluding carboxylic acids is 2. The van der Waals surface area contributed by atoms with Crippen molar-refractivity contribution in [1.29, 1.82) is 0 Å². The maximum atomic E-state index is 15.4. The Morgan fingerprint density at radius 3 is 2.53 bits per heavy atom. The highest BCUT2D eigenvalue weighted by molar-refractivity contribution is 6.02. The third-order valence-electron chi connectivity index (χ3n) is 6.32. The molecule has 0 radical (unpaired) electrons. The van der Waals surface area contributed by atoms with Gasteiger partial charge in [0.15, 0.2) is 0 Å². The van der Waals surface area contributed by atoms with E-state index in [0.717, 1.165) is 53.7 Å². The van der Waals surface area contributed by atoms with Gasteiger partial charge in [-0.3, -0.25) is 9.59 Å². The minimum Gasteiger partial charge on any atom is -0.366 e. The number of rotatable bonds is 4. The number of hydrogen-bond acceptors (Lipinski definition) is 2. The molecule has 1 aliphatic heterocycles. The lowest BCUT2D eigenvalue weighted by Crippen LogP contribution is -2.25. The molecule has 2 N–H and O–H groups in total. The van der Waals surface area contributed by atoms with E-state index < -0.39 is 11.7 Å². The first-order chi connectivity index (χ1) is 15.5. The molecule has 2 amide bonds. The molecule has 5 rings (SSSR count). The Labute approximate surface area is 186 Å². The van der Waals surface area contributed by atoms with Gasteiger partial charge in [-0.2, -0.15) is 0 Å². The molecule has 160 valence electrons. The van der Waals surface area contributed by atoms with Gasteiger partial charge in [0.1, 0.15) is 5.82 Å². The monoisotopic (exact) mass is 426 g/mol. The maximum Gasteiger partial charge on any atom is 0.249 e. The summed E-state index contributed by atoms with van der Waals surface area (Å²) >= 11 is 0. The van der Waals surface area contributed by atoms with Gasteiger partial charge in [-0.25, -0.2) is 4.39 Å². The molecule has 2 aliphatic rings. The Hall–Kier alpha value is -3.73. The molecule has 0 bridgehead atoms. The van der Waals surface area contributed by atoms with Gasteiger partial charge in [0.2, 0.25) is 11.8 Å². The number of fused-ring (bicyclic) bond motifs is 3. The fourth-order valence-corrected chi connectivity index (χ4v) is 4.79. The molecule has 1 aliphatic carbocycles. The van der Waals surface area contributed by atoms with Crippen LogP contribution in [0.4, 0.5) is 4.39 Å². The summed E-state index contributed by atoms with van der Waals surface area (Å²) < 4.78 is 15.4. The molecule has 1 fully saturated rings. The van der Waals surface area contributed by atoms with Crippen molar-refractivity contribution in [2.45, 2.75) is 19.3 Å². The molecule has 0 saturated carbocycles. The van der Waals surface area contributed by atoms with Crippen molar-refractivity contribution in [3.05, 3.63) is 88.7 Å². The summed E-state index contributed by atoms with van der Waals surface area (Å²) in [6.07, 6.45) is 5.98. The predicted molar refractivity (Wildman–Crippen MR) is 123 cm³/mol. The van der Waals surface area contributed by atoms with E-state index in [0.29, 0.717) is 17.5 Å². The molecule has 0 atom stereocenters. The summed E-state index contributed by atoms with van der Waals surface area (Å²) in [5, 5.41) is 0. The normalized spacial score (nSPS) is 14.6. The zero-order valence-electron chi connectivity index (χ0n) is 17.6. The van der Waals surface area contributed by atoms with E-state index >= 15 is 4.39 Å². The lowest BCUT2D eigenvalue weighted by molar-refractivity contribution is -0.124. The van der Waals surface area contributed by atoms with Crippen LogP contribution >= 0.6 is 0 Å². The van der Waals surface area contributed by atoms with Gasteiger partial charge in [0.25, 0.3) is 0 Å². The highest BCUT2D eigenvalue weighted by atomic mass is 19.1. The second kappa shape index (κ2) is 8.08. The fourth-order valence-electron chi connectivity index (χ4n) is 4.79. The molecule has 32 heavy (non-hydrogen) atoms. The number of nitrogens with two attached hydrogens (primary N) is 1. The van der Waals surface area contributed by atoms with Gasteiger partial charge in [0.05, 0.1) is 0 Å². The smallest absolute Gasteiger partial charge is 0.249 e. The van der Waals surface area contributed by atoms with E-state index in [1.807, 2.05) is 53.4 Å². The SMILES string of the molecule is NC(=O)c1cc(F)c(-c2cccc(/C=C/C(=O)N3CCCC3)c2)c2c1Cc1ccccc1-2. The van der Waals surface area contributed by atoms with Crippen LogP contribution in [-0.4, -0.2) is 29.8 Å². The number of halogens is 1. The van der Waals surface area contributed by atoms with Gasteiger partial charge >= 0.3 is 0 Å². The van der Waals surface area contributed by atoms with Crippen molar-refractivity contribution in [1.82, 2.24) is 4.90 Å². The molecule has 3 aromatic rings. The highest BCUT2D eigenvalue weighted by Gasteiger charge is 2.29. The van der Waals surface area contributed by atoms with Crippen LogP contribution in [0.1, 0.15) is 39.9 Å². The van der Waals surface area contributed by atoms with Crippen molar-refractivity contribution >= 4 is 17.9 Å². The number of nitrogens with zero attached hydrogens (tertiary/aromatic N) is 1. The van der Waals surface area contributed by atoms with Crippen molar-refractivity contribution in [3.8, 4) is 22.3 Å².